The van der Waals surface area contributed by atoms with Gasteiger partial charge in [0.05, 0.1) is 6.61 Å². The fourth-order valence-electron chi connectivity index (χ4n) is 2.12. The molecule has 4 nitrogen and oxygen atoms in total. The lowest BCUT2D eigenvalue weighted by atomic mass is 10.1. The first-order valence-corrected chi connectivity index (χ1v) is 7.47. The Bertz CT molecular complexity index is 687. The highest BCUT2D eigenvalue weighted by atomic mass is 16.5. The molecule has 0 fully saturated rings. The number of aromatic nitrogens is 1. The lowest BCUT2D eigenvalue weighted by Gasteiger charge is -2.12. The van der Waals surface area contributed by atoms with Gasteiger partial charge in [0, 0.05) is 24.8 Å². The Morgan fingerprint density at radius 3 is 2.45 bits per heavy atom. The predicted octanol–water partition coefficient (Wildman–Crippen LogP) is 2.94. The van der Waals surface area contributed by atoms with Crippen LogP contribution in [-0.2, 0) is 0 Å². The highest BCUT2D eigenvalue weighted by Gasteiger charge is 2.03. The van der Waals surface area contributed by atoms with Gasteiger partial charge in [-0.05, 0) is 43.2 Å². The minimum absolute atomic E-state index is 0.0108. The van der Waals surface area contributed by atoms with Crippen molar-refractivity contribution in [2.45, 2.75) is 19.9 Å². The van der Waals surface area contributed by atoms with E-state index in [0.29, 0.717) is 13.2 Å². The van der Waals surface area contributed by atoms with Crippen molar-refractivity contribution in [1.82, 2.24) is 4.57 Å². The molecule has 0 aliphatic carbocycles. The molecule has 0 aliphatic heterocycles. The zero-order valence-corrected chi connectivity index (χ0v) is 13.0. The number of rotatable bonds is 6. The average Bonchev–Trinajstić information content (AvgIpc) is 2.54. The zero-order chi connectivity index (χ0) is 15.9. The zero-order valence-electron chi connectivity index (χ0n) is 13.0. The van der Waals surface area contributed by atoms with Crippen LogP contribution in [0.25, 0.3) is 12.2 Å². The lowest BCUT2D eigenvalue weighted by Crippen LogP contribution is -2.26. The van der Waals surface area contributed by atoms with Crippen molar-refractivity contribution in [2.75, 3.05) is 13.2 Å². The predicted molar refractivity (Wildman–Crippen MR) is 91.0 cm³/mol. The molecule has 1 atom stereocenters. The van der Waals surface area contributed by atoms with Crippen LogP contribution in [0.4, 0.5) is 0 Å². The highest BCUT2D eigenvalue weighted by Crippen LogP contribution is 2.14. The molecule has 0 radical (unpaired) electrons. The van der Waals surface area contributed by atoms with Crippen molar-refractivity contribution < 1.29 is 4.74 Å². The van der Waals surface area contributed by atoms with Crippen molar-refractivity contribution in [1.29, 1.82) is 0 Å². The van der Waals surface area contributed by atoms with Crippen LogP contribution in [0.5, 0.6) is 5.75 Å². The first-order chi connectivity index (χ1) is 10.6. The summed E-state index contributed by atoms with van der Waals surface area (Å²) in [6, 6.07) is 11.4. The van der Waals surface area contributed by atoms with Crippen LogP contribution < -0.4 is 16.0 Å². The van der Waals surface area contributed by atoms with E-state index in [4.69, 9.17) is 10.5 Å². The maximum atomic E-state index is 12.0. The molecule has 1 heterocycles. The minimum Gasteiger partial charge on any atom is -0.494 e. The fraction of sp³-hybridized carbons (Fsp3) is 0.278. The quantitative estimate of drug-likeness (QED) is 0.892. The molecule has 1 aromatic carbocycles. The van der Waals surface area contributed by atoms with Gasteiger partial charge in [-0.25, -0.2) is 0 Å². The summed E-state index contributed by atoms with van der Waals surface area (Å²) in [5.74, 6) is 0.859. The Morgan fingerprint density at radius 2 is 1.86 bits per heavy atom. The van der Waals surface area contributed by atoms with Crippen LogP contribution in [0.3, 0.4) is 0 Å². The van der Waals surface area contributed by atoms with Crippen LogP contribution in [-0.4, -0.2) is 17.7 Å². The Balaban J connectivity index is 2.13. The van der Waals surface area contributed by atoms with Gasteiger partial charge in [0.25, 0.3) is 5.56 Å². The summed E-state index contributed by atoms with van der Waals surface area (Å²) >= 11 is 0. The molecule has 0 bridgehead atoms. The van der Waals surface area contributed by atoms with Crippen LogP contribution in [0, 0.1) is 0 Å². The van der Waals surface area contributed by atoms with Gasteiger partial charge in [-0.15, -0.1) is 0 Å². The average molecular weight is 298 g/mol. The molecule has 0 saturated heterocycles. The second-order valence-corrected chi connectivity index (χ2v) is 5.13. The molecular weight excluding hydrogens is 276 g/mol. The molecule has 1 unspecified atom stereocenters. The summed E-state index contributed by atoms with van der Waals surface area (Å²) in [4.78, 5) is 12.0. The van der Waals surface area contributed by atoms with E-state index in [1.165, 1.54) is 0 Å². The second kappa shape index (κ2) is 7.61. The summed E-state index contributed by atoms with van der Waals surface area (Å²) in [7, 11) is 0. The van der Waals surface area contributed by atoms with E-state index in [2.05, 4.69) is 0 Å². The standard InChI is InChI=1S/C18H22N2O2/c1-3-22-17-8-6-15(7-9-17)4-5-16-10-11-20(14(2)13-19)18(21)12-16/h4-12,14H,3,13,19H2,1-2H3/b5-4+. The van der Waals surface area contributed by atoms with Gasteiger partial charge in [-0.1, -0.05) is 24.3 Å². The number of hydrogen-bond acceptors (Lipinski definition) is 3. The fourth-order valence-corrected chi connectivity index (χ4v) is 2.12. The van der Waals surface area contributed by atoms with Crippen molar-refractivity contribution >= 4 is 12.2 Å². The molecule has 0 amide bonds. The minimum atomic E-state index is -0.0354. The van der Waals surface area contributed by atoms with Crippen LogP contribution in [0.15, 0.2) is 47.4 Å². The molecule has 2 aromatic rings. The molecule has 0 saturated carbocycles. The first-order valence-electron chi connectivity index (χ1n) is 7.47. The van der Waals surface area contributed by atoms with Gasteiger partial charge in [0.2, 0.25) is 0 Å². The van der Waals surface area contributed by atoms with Gasteiger partial charge < -0.3 is 15.0 Å². The second-order valence-electron chi connectivity index (χ2n) is 5.13. The molecule has 1 aromatic heterocycles. The van der Waals surface area contributed by atoms with Crippen molar-refractivity contribution in [3.63, 3.8) is 0 Å². The number of benzene rings is 1. The van der Waals surface area contributed by atoms with Crippen LogP contribution in [0.2, 0.25) is 0 Å². The van der Waals surface area contributed by atoms with E-state index < -0.39 is 0 Å². The van der Waals surface area contributed by atoms with Crippen molar-refractivity contribution in [3.05, 3.63) is 64.1 Å². The number of hydrogen-bond donors (Lipinski definition) is 1. The van der Waals surface area contributed by atoms with Gasteiger partial charge in [0.15, 0.2) is 0 Å². The van der Waals surface area contributed by atoms with Gasteiger partial charge in [-0.3, -0.25) is 4.79 Å². The topological polar surface area (TPSA) is 57.2 Å². The molecule has 0 spiro atoms. The molecular formula is C18H22N2O2. The smallest absolute Gasteiger partial charge is 0.251 e. The van der Waals surface area contributed by atoms with E-state index in [1.807, 2.05) is 56.3 Å². The number of nitrogens with zero attached hydrogens (tertiary/aromatic N) is 1. The third-order valence-electron chi connectivity index (χ3n) is 3.45. The molecule has 0 aliphatic rings. The maximum absolute atomic E-state index is 12.0. The van der Waals surface area contributed by atoms with Gasteiger partial charge >= 0.3 is 0 Å². The van der Waals surface area contributed by atoms with E-state index >= 15 is 0 Å². The third-order valence-corrected chi connectivity index (χ3v) is 3.45. The van der Waals surface area contributed by atoms with Crippen LogP contribution in [0.1, 0.15) is 31.0 Å². The van der Waals surface area contributed by atoms with E-state index in [-0.39, 0.29) is 11.6 Å². The van der Waals surface area contributed by atoms with E-state index in [0.717, 1.165) is 16.9 Å². The molecule has 4 heteroatoms. The molecule has 2 rings (SSSR count). The molecule has 22 heavy (non-hydrogen) atoms. The first kappa shape index (κ1) is 16.0. The maximum Gasteiger partial charge on any atom is 0.251 e. The summed E-state index contributed by atoms with van der Waals surface area (Å²) in [6.45, 7) is 4.99. The summed E-state index contributed by atoms with van der Waals surface area (Å²) < 4.78 is 7.05. The Kier molecular flexibility index (Phi) is 5.55. The Labute approximate surface area is 130 Å². The number of ether oxygens (including phenoxy) is 1. The van der Waals surface area contributed by atoms with Crippen LogP contribution >= 0.6 is 0 Å². The third kappa shape index (κ3) is 4.09. The SMILES string of the molecule is CCOc1ccc(/C=C/c2ccn(C(C)CN)c(=O)c2)cc1. The summed E-state index contributed by atoms with van der Waals surface area (Å²) in [5.41, 5.74) is 7.49. The molecule has 2 N–H and O–H groups in total. The number of nitrogens with two attached hydrogens (primary N) is 1. The number of pyridine rings is 1. The Morgan fingerprint density at radius 1 is 1.18 bits per heavy atom. The van der Waals surface area contributed by atoms with Crippen molar-refractivity contribution in [3.8, 4) is 5.75 Å². The summed E-state index contributed by atoms with van der Waals surface area (Å²) in [6.07, 6.45) is 5.69. The normalized spacial score (nSPS) is 12.5. The van der Waals surface area contributed by atoms with E-state index in [9.17, 15) is 4.79 Å². The van der Waals surface area contributed by atoms with E-state index in [1.54, 1.807) is 16.8 Å². The van der Waals surface area contributed by atoms with Crippen molar-refractivity contribution in [2.24, 2.45) is 5.73 Å². The molecule has 116 valence electrons. The monoisotopic (exact) mass is 298 g/mol. The van der Waals surface area contributed by atoms with Gasteiger partial charge in [0.1, 0.15) is 5.75 Å². The van der Waals surface area contributed by atoms with Gasteiger partial charge in [-0.2, -0.15) is 0 Å². The Hall–Kier alpha value is -2.33. The largest absolute Gasteiger partial charge is 0.494 e. The lowest BCUT2D eigenvalue weighted by molar-refractivity contribution is 0.340. The highest BCUT2D eigenvalue weighted by molar-refractivity contribution is 5.69. The summed E-state index contributed by atoms with van der Waals surface area (Å²) in [5, 5.41) is 0.